The number of amides is 2. The second-order valence-electron chi connectivity index (χ2n) is 10.9. The lowest BCUT2D eigenvalue weighted by Gasteiger charge is -2.33. The van der Waals surface area contributed by atoms with Crippen molar-refractivity contribution in [3.05, 3.63) is 83.9 Å². The fraction of sp³-hybridized carbons (Fsp3) is 0.394. The van der Waals surface area contributed by atoms with Gasteiger partial charge in [-0.3, -0.25) is 13.9 Å². The zero-order valence-electron chi connectivity index (χ0n) is 25.7. The van der Waals surface area contributed by atoms with Crippen LogP contribution in [0, 0.1) is 0 Å². The number of ether oxygens (including phenoxy) is 3. The van der Waals surface area contributed by atoms with Crippen molar-refractivity contribution in [3.63, 3.8) is 0 Å². The Kier molecular flexibility index (Phi) is 11.1. The van der Waals surface area contributed by atoms with Gasteiger partial charge in [0.05, 0.1) is 19.1 Å². The average Bonchev–Trinajstić information content (AvgIpc) is 3.49. The fourth-order valence-electron chi connectivity index (χ4n) is 5.01. The number of fused-ring (bicyclic) bond motifs is 1. The molecular weight excluding hydrogens is 582 g/mol. The number of hydrogen-bond acceptors (Lipinski definition) is 7. The van der Waals surface area contributed by atoms with Crippen LogP contribution in [0.15, 0.2) is 72.8 Å². The first-order valence-electron chi connectivity index (χ1n) is 14.7. The first-order valence-corrected chi connectivity index (χ1v) is 16.6. The van der Waals surface area contributed by atoms with Gasteiger partial charge in [0.1, 0.15) is 11.8 Å². The molecule has 10 nitrogen and oxygen atoms in total. The zero-order valence-corrected chi connectivity index (χ0v) is 26.5. The van der Waals surface area contributed by atoms with Crippen molar-refractivity contribution >= 4 is 27.5 Å². The Bertz CT molecular complexity index is 1530. The van der Waals surface area contributed by atoms with E-state index in [1.165, 1.54) is 4.31 Å². The van der Waals surface area contributed by atoms with Gasteiger partial charge in [-0.1, -0.05) is 49.4 Å². The van der Waals surface area contributed by atoms with Crippen molar-refractivity contribution in [1.29, 1.82) is 0 Å². The summed E-state index contributed by atoms with van der Waals surface area (Å²) in [4.78, 5) is 29.4. The standard InChI is InChI=1S/C33H41N3O7S/c1-5-24(2)34-33(38)29(20-25-11-7-6-8-12-25)35(22-26-13-9-14-28(19-26)41-3)32(37)15-10-18-36(44(4,39)40)27-16-17-30-31(21-27)43-23-42-30/h6-9,11-14,16-17,19,21,24,29H,5,10,15,18,20,22-23H2,1-4H3,(H,34,38). The molecule has 1 heterocycles. The summed E-state index contributed by atoms with van der Waals surface area (Å²) in [5, 5.41) is 3.06. The number of anilines is 1. The number of nitrogens with one attached hydrogen (secondary N) is 1. The first kappa shape index (κ1) is 32.7. The number of benzene rings is 3. The molecule has 2 atom stereocenters. The number of carbonyl (C=O) groups is 2. The molecule has 0 aliphatic carbocycles. The Morgan fingerprint density at radius 2 is 1.70 bits per heavy atom. The normalized spacial score (nSPS) is 13.5. The third-order valence-corrected chi connectivity index (χ3v) is 8.75. The Labute approximate surface area is 260 Å². The van der Waals surface area contributed by atoms with E-state index in [4.69, 9.17) is 14.2 Å². The number of nitrogens with zero attached hydrogens (tertiary/aromatic N) is 2. The predicted molar refractivity (Wildman–Crippen MR) is 169 cm³/mol. The average molecular weight is 624 g/mol. The van der Waals surface area contributed by atoms with E-state index >= 15 is 0 Å². The Morgan fingerprint density at radius 3 is 2.41 bits per heavy atom. The minimum Gasteiger partial charge on any atom is -0.497 e. The molecule has 0 spiro atoms. The van der Waals surface area contributed by atoms with Gasteiger partial charge in [0, 0.05) is 38.0 Å². The summed E-state index contributed by atoms with van der Waals surface area (Å²) in [5.41, 5.74) is 2.16. The molecule has 0 radical (unpaired) electrons. The largest absolute Gasteiger partial charge is 0.497 e. The van der Waals surface area contributed by atoms with Crippen molar-refractivity contribution in [1.82, 2.24) is 10.2 Å². The summed E-state index contributed by atoms with van der Waals surface area (Å²) in [6.45, 7) is 4.24. The van der Waals surface area contributed by atoms with E-state index in [9.17, 15) is 18.0 Å². The number of methoxy groups -OCH3 is 1. The maximum absolute atomic E-state index is 14.0. The molecular formula is C33H41N3O7S. The van der Waals surface area contributed by atoms with Crippen molar-refractivity contribution < 1.29 is 32.2 Å². The number of carbonyl (C=O) groups excluding carboxylic acids is 2. The second-order valence-corrected chi connectivity index (χ2v) is 12.8. The fourth-order valence-corrected chi connectivity index (χ4v) is 5.96. The molecule has 236 valence electrons. The van der Waals surface area contributed by atoms with Gasteiger partial charge in [0.2, 0.25) is 28.6 Å². The smallest absolute Gasteiger partial charge is 0.243 e. The molecule has 2 amide bonds. The van der Waals surface area contributed by atoms with Gasteiger partial charge < -0.3 is 24.4 Å². The molecule has 3 aromatic rings. The van der Waals surface area contributed by atoms with Gasteiger partial charge in [0.25, 0.3) is 0 Å². The Morgan fingerprint density at radius 1 is 0.977 bits per heavy atom. The van der Waals surface area contributed by atoms with Gasteiger partial charge >= 0.3 is 0 Å². The third-order valence-electron chi connectivity index (χ3n) is 7.56. The minimum absolute atomic E-state index is 0.0302. The summed E-state index contributed by atoms with van der Waals surface area (Å²) in [5.74, 6) is 1.16. The van der Waals surface area contributed by atoms with Crippen LogP contribution in [0.1, 0.15) is 44.2 Å². The van der Waals surface area contributed by atoms with Crippen LogP contribution < -0.4 is 23.8 Å². The minimum atomic E-state index is -3.66. The summed E-state index contributed by atoms with van der Waals surface area (Å²) in [6.07, 6.45) is 2.46. The van der Waals surface area contributed by atoms with E-state index in [1.807, 2.05) is 68.4 Å². The lowest BCUT2D eigenvalue weighted by molar-refractivity contribution is -0.141. The molecule has 4 rings (SSSR count). The van der Waals surface area contributed by atoms with Gasteiger partial charge in [-0.05, 0) is 55.2 Å². The summed E-state index contributed by atoms with van der Waals surface area (Å²) >= 11 is 0. The van der Waals surface area contributed by atoms with Crippen molar-refractivity contribution in [2.45, 2.75) is 58.2 Å². The molecule has 0 fully saturated rings. The van der Waals surface area contributed by atoms with E-state index in [0.29, 0.717) is 29.4 Å². The topological polar surface area (TPSA) is 114 Å². The molecule has 3 aromatic carbocycles. The number of sulfonamides is 1. The van der Waals surface area contributed by atoms with Crippen molar-refractivity contribution in [2.24, 2.45) is 0 Å². The van der Waals surface area contributed by atoms with E-state index in [-0.39, 0.29) is 50.6 Å². The highest BCUT2D eigenvalue weighted by molar-refractivity contribution is 7.92. The second kappa shape index (κ2) is 15.0. The third kappa shape index (κ3) is 8.66. The van der Waals surface area contributed by atoms with Crippen LogP contribution in [-0.2, 0) is 32.6 Å². The van der Waals surface area contributed by atoms with Crippen molar-refractivity contribution in [2.75, 3.05) is 31.0 Å². The summed E-state index contributed by atoms with van der Waals surface area (Å²) in [7, 11) is -2.09. The molecule has 1 aliphatic rings. The van der Waals surface area contributed by atoms with Gasteiger partial charge in [-0.15, -0.1) is 0 Å². The highest BCUT2D eigenvalue weighted by Gasteiger charge is 2.31. The lowest BCUT2D eigenvalue weighted by Crippen LogP contribution is -2.52. The summed E-state index contributed by atoms with van der Waals surface area (Å²) in [6, 6.07) is 21.1. The quantitative estimate of drug-likeness (QED) is 0.265. The van der Waals surface area contributed by atoms with E-state index in [1.54, 1.807) is 30.2 Å². The molecule has 1 aliphatic heterocycles. The van der Waals surface area contributed by atoms with Crippen LogP contribution in [0.25, 0.3) is 0 Å². The zero-order chi connectivity index (χ0) is 31.7. The van der Waals surface area contributed by atoms with Crippen LogP contribution in [0.4, 0.5) is 5.69 Å². The molecule has 11 heteroatoms. The van der Waals surface area contributed by atoms with Gasteiger partial charge in [-0.25, -0.2) is 8.42 Å². The Balaban J connectivity index is 1.59. The van der Waals surface area contributed by atoms with Gasteiger partial charge in [-0.2, -0.15) is 0 Å². The predicted octanol–water partition coefficient (Wildman–Crippen LogP) is 4.52. The number of hydrogen-bond donors (Lipinski definition) is 1. The molecule has 0 aromatic heterocycles. The molecule has 2 unspecified atom stereocenters. The van der Waals surface area contributed by atoms with Crippen LogP contribution in [0.3, 0.4) is 0 Å². The SMILES string of the molecule is CCC(C)NC(=O)C(Cc1ccccc1)N(Cc1cccc(OC)c1)C(=O)CCCN(c1ccc2c(c1)OCO2)S(C)(=O)=O. The molecule has 0 saturated carbocycles. The highest BCUT2D eigenvalue weighted by atomic mass is 32.2. The van der Waals surface area contributed by atoms with Crippen LogP contribution in [0.2, 0.25) is 0 Å². The monoisotopic (exact) mass is 623 g/mol. The molecule has 1 N–H and O–H groups in total. The highest BCUT2D eigenvalue weighted by Crippen LogP contribution is 2.36. The number of rotatable bonds is 15. The Hall–Kier alpha value is -4.25. The maximum Gasteiger partial charge on any atom is 0.243 e. The van der Waals surface area contributed by atoms with E-state index in [0.717, 1.165) is 23.8 Å². The lowest BCUT2D eigenvalue weighted by atomic mass is 10.0. The van der Waals surface area contributed by atoms with E-state index < -0.39 is 16.1 Å². The van der Waals surface area contributed by atoms with Crippen LogP contribution in [-0.4, -0.2) is 63.9 Å². The molecule has 0 saturated heterocycles. The van der Waals surface area contributed by atoms with Gasteiger partial charge in [0.15, 0.2) is 11.5 Å². The van der Waals surface area contributed by atoms with Crippen LogP contribution >= 0.6 is 0 Å². The summed E-state index contributed by atoms with van der Waals surface area (Å²) < 4.78 is 43.0. The van der Waals surface area contributed by atoms with Crippen LogP contribution in [0.5, 0.6) is 17.2 Å². The first-order chi connectivity index (χ1) is 21.1. The maximum atomic E-state index is 14.0. The molecule has 44 heavy (non-hydrogen) atoms. The molecule has 0 bridgehead atoms. The van der Waals surface area contributed by atoms with E-state index in [2.05, 4.69) is 5.32 Å². The van der Waals surface area contributed by atoms with Crippen molar-refractivity contribution in [3.8, 4) is 17.2 Å².